The highest BCUT2D eigenvalue weighted by Gasteiger charge is 2.46. The highest BCUT2D eigenvalue weighted by Crippen LogP contribution is 2.49. The summed E-state index contributed by atoms with van der Waals surface area (Å²) >= 11 is 0. The number of carbonyl (C=O) groups excluding carboxylic acids is 1. The van der Waals surface area contributed by atoms with Crippen LogP contribution in [0.5, 0.6) is 5.75 Å². The van der Waals surface area contributed by atoms with Gasteiger partial charge in [-0.05, 0) is 68.1 Å². The van der Waals surface area contributed by atoms with Gasteiger partial charge >= 0.3 is 0 Å². The van der Waals surface area contributed by atoms with Crippen molar-refractivity contribution >= 4 is 16.8 Å². The van der Waals surface area contributed by atoms with E-state index in [1.807, 2.05) is 36.4 Å². The van der Waals surface area contributed by atoms with Gasteiger partial charge in [-0.25, -0.2) is 0 Å². The maximum Gasteiger partial charge on any atom is 0.268 e. The molecule has 4 bridgehead atoms. The molecule has 6 heteroatoms. The summed E-state index contributed by atoms with van der Waals surface area (Å²) in [5.41, 5.74) is 0.938. The molecule has 35 heavy (non-hydrogen) atoms. The molecule has 0 atom stereocenters. The normalized spacial score (nSPS) is 25.3. The van der Waals surface area contributed by atoms with E-state index in [0.717, 1.165) is 42.4 Å². The predicted octanol–water partition coefficient (Wildman–Crippen LogP) is 4.14. The number of rotatable bonds is 7. The van der Waals surface area contributed by atoms with E-state index < -0.39 is 11.5 Å². The van der Waals surface area contributed by atoms with Gasteiger partial charge in [0.25, 0.3) is 11.5 Å². The second-order valence-electron chi connectivity index (χ2n) is 10.7. The van der Waals surface area contributed by atoms with Gasteiger partial charge in [0.15, 0.2) is 0 Å². The van der Waals surface area contributed by atoms with Crippen molar-refractivity contribution in [3.8, 4) is 5.75 Å². The number of amides is 1. The van der Waals surface area contributed by atoms with E-state index in [-0.39, 0.29) is 11.3 Å². The van der Waals surface area contributed by atoms with Crippen molar-refractivity contribution in [2.75, 3.05) is 13.1 Å². The summed E-state index contributed by atoms with van der Waals surface area (Å²) in [5, 5.41) is 14.3. The standard InChI is InChI=1S/C29H33N3O3/c33-27-24-9-4-5-10-25(24)32(18-19-7-2-1-3-8-19)29(35)26(27)28(34)30-11-6-12-31-22-14-20-13-21(16-22)17-23(31)15-20/h1-5,7-10,20-23,33H,6,11-18H2,(H,30,34). The lowest BCUT2D eigenvalue weighted by atomic mass is 9.63. The van der Waals surface area contributed by atoms with Gasteiger partial charge in [0.05, 0.1) is 12.1 Å². The van der Waals surface area contributed by atoms with E-state index in [4.69, 9.17) is 0 Å². The molecule has 4 fully saturated rings. The SMILES string of the molecule is O=C(NCCCN1C2CC3CC(C2)CC1C3)c1c(O)c2ccccc2n(Cc2ccccc2)c1=O. The highest BCUT2D eigenvalue weighted by molar-refractivity contribution is 6.02. The molecular formula is C29H33N3O3. The lowest BCUT2D eigenvalue weighted by Gasteiger charge is -2.56. The van der Waals surface area contributed by atoms with Gasteiger partial charge in [-0.15, -0.1) is 0 Å². The molecule has 2 aliphatic carbocycles. The zero-order chi connectivity index (χ0) is 23.9. The van der Waals surface area contributed by atoms with Crippen LogP contribution in [0.2, 0.25) is 0 Å². The average molecular weight is 472 g/mol. The van der Waals surface area contributed by atoms with Crippen LogP contribution in [0.3, 0.4) is 0 Å². The van der Waals surface area contributed by atoms with Gasteiger partial charge in [0.2, 0.25) is 0 Å². The van der Waals surface area contributed by atoms with Gasteiger partial charge in [-0.1, -0.05) is 42.5 Å². The topological polar surface area (TPSA) is 74.6 Å². The lowest BCUT2D eigenvalue weighted by Crippen LogP contribution is -2.58. The largest absolute Gasteiger partial charge is 0.506 e. The summed E-state index contributed by atoms with van der Waals surface area (Å²) in [4.78, 5) is 29.2. The summed E-state index contributed by atoms with van der Waals surface area (Å²) in [5.74, 6) is 1.13. The molecule has 1 amide bonds. The Kier molecular flexibility index (Phi) is 5.85. The van der Waals surface area contributed by atoms with Crippen LogP contribution in [0, 0.1) is 11.8 Å². The summed E-state index contributed by atoms with van der Waals surface area (Å²) < 4.78 is 1.58. The number of aromatic nitrogens is 1. The minimum Gasteiger partial charge on any atom is -0.506 e. The van der Waals surface area contributed by atoms with Crippen LogP contribution in [0.1, 0.15) is 54.4 Å². The van der Waals surface area contributed by atoms with Crippen LogP contribution in [-0.2, 0) is 6.54 Å². The number of pyridine rings is 1. The smallest absolute Gasteiger partial charge is 0.268 e. The second-order valence-corrected chi connectivity index (χ2v) is 10.7. The van der Waals surface area contributed by atoms with E-state index in [0.29, 0.717) is 24.0 Å². The Hall–Kier alpha value is -3.12. The van der Waals surface area contributed by atoms with Crippen molar-refractivity contribution in [2.24, 2.45) is 11.8 Å². The fourth-order valence-electron chi connectivity index (χ4n) is 7.05. The molecule has 1 aromatic heterocycles. The first-order valence-electron chi connectivity index (χ1n) is 13.0. The monoisotopic (exact) mass is 471 g/mol. The highest BCUT2D eigenvalue weighted by atomic mass is 16.3. The van der Waals surface area contributed by atoms with Crippen molar-refractivity contribution in [2.45, 2.75) is 57.2 Å². The molecule has 0 unspecified atom stereocenters. The van der Waals surface area contributed by atoms with Gasteiger partial charge in [-0.3, -0.25) is 14.5 Å². The van der Waals surface area contributed by atoms with Crippen molar-refractivity contribution < 1.29 is 9.90 Å². The molecule has 0 radical (unpaired) electrons. The summed E-state index contributed by atoms with van der Waals surface area (Å²) in [7, 11) is 0. The van der Waals surface area contributed by atoms with Gasteiger partial charge < -0.3 is 15.0 Å². The Labute approximate surface area is 205 Å². The Bertz CT molecular complexity index is 1270. The molecular weight excluding hydrogens is 438 g/mol. The quantitative estimate of drug-likeness (QED) is 0.508. The number of nitrogens with zero attached hydrogens (tertiary/aromatic N) is 2. The van der Waals surface area contributed by atoms with Crippen molar-refractivity contribution in [3.05, 3.63) is 76.1 Å². The average Bonchev–Trinajstić information content (AvgIpc) is 2.86. The number of benzene rings is 2. The third kappa shape index (κ3) is 4.14. The maximum atomic E-state index is 13.4. The maximum absolute atomic E-state index is 13.4. The summed E-state index contributed by atoms with van der Waals surface area (Å²) in [6.07, 6.45) is 7.64. The first-order valence-corrected chi connectivity index (χ1v) is 13.0. The molecule has 0 spiro atoms. The number of piperidine rings is 2. The van der Waals surface area contributed by atoms with Crippen LogP contribution >= 0.6 is 0 Å². The van der Waals surface area contributed by atoms with Crippen LogP contribution < -0.4 is 10.9 Å². The molecule has 2 saturated heterocycles. The zero-order valence-electron chi connectivity index (χ0n) is 20.0. The van der Waals surface area contributed by atoms with Crippen LogP contribution in [0.4, 0.5) is 0 Å². The summed E-state index contributed by atoms with van der Waals surface area (Å²) in [6, 6.07) is 18.3. The third-order valence-corrected chi connectivity index (χ3v) is 8.46. The Morgan fingerprint density at radius 2 is 1.57 bits per heavy atom. The van der Waals surface area contributed by atoms with Crippen LogP contribution in [0.25, 0.3) is 10.9 Å². The molecule has 182 valence electrons. The third-order valence-electron chi connectivity index (χ3n) is 8.46. The molecule has 2 aromatic carbocycles. The summed E-state index contributed by atoms with van der Waals surface area (Å²) in [6.45, 7) is 1.81. The molecule has 3 heterocycles. The first-order chi connectivity index (χ1) is 17.1. The molecule has 7 rings (SSSR count). The number of fused-ring (bicyclic) bond motifs is 1. The number of nitrogens with one attached hydrogen (secondary N) is 1. The molecule has 2 aliphatic heterocycles. The van der Waals surface area contributed by atoms with E-state index in [1.165, 1.54) is 32.1 Å². The van der Waals surface area contributed by atoms with Crippen molar-refractivity contribution in [3.63, 3.8) is 0 Å². The van der Waals surface area contributed by atoms with Crippen LogP contribution in [-0.4, -0.2) is 45.7 Å². The molecule has 4 aliphatic rings. The number of carbonyl (C=O) groups is 1. The Morgan fingerprint density at radius 3 is 2.29 bits per heavy atom. The fourth-order valence-corrected chi connectivity index (χ4v) is 7.05. The minimum absolute atomic E-state index is 0.172. The Morgan fingerprint density at radius 1 is 0.914 bits per heavy atom. The zero-order valence-corrected chi connectivity index (χ0v) is 20.0. The minimum atomic E-state index is -0.500. The molecule has 2 N–H and O–H groups in total. The van der Waals surface area contributed by atoms with E-state index in [9.17, 15) is 14.7 Å². The predicted molar refractivity (Wildman–Crippen MR) is 137 cm³/mol. The van der Waals surface area contributed by atoms with Crippen molar-refractivity contribution in [1.29, 1.82) is 0 Å². The lowest BCUT2D eigenvalue weighted by molar-refractivity contribution is -0.0587. The second kappa shape index (κ2) is 9.15. The number of hydrogen-bond acceptors (Lipinski definition) is 4. The van der Waals surface area contributed by atoms with Crippen LogP contribution in [0.15, 0.2) is 59.4 Å². The van der Waals surface area contributed by atoms with E-state index in [1.54, 1.807) is 22.8 Å². The number of aromatic hydroxyl groups is 1. The van der Waals surface area contributed by atoms with Gasteiger partial charge in [0.1, 0.15) is 11.3 Å². The van der Waals surface area contributed by atoms with E-state index in [2.05, 4.69) is 10.2 Å². The number of para-hydroxylation sites is 1. The van der Waals surface area contributed by atoms with Gasteiger partial charge in [-0.2, -0.15) is 0 Å². The van der Waals surface area contributed by atoms with Gasteiger partial charge in [0, 0.05) is 30.6 Å². The molecule has 2 saturated carbocycles. The molecule has 3 aromatic rings. The van der Waals surface area contributed by atoms with E-state index >= 15 is 0 Å². The molecule has 6 nitrogen and oxygen atoms in total. The Balaban J connectivity index is 1.18. The fraction of sp³-hybridized carbons (Fsp3) is 0.448. The first kappa shape index (κ1) is 22.4. The van der Waals surface area contributed by atoms with Crippen molar-refractivity contribution in [1.82, 2.24) is 14.8 Å². The number of hydrogen-bond donors (Lipinski definition) is 2.